The minimum absolute atomic E-state index is 0.0273. The molecule has 3 rings (SSSR count). The molecule has 1 aromatic carbocycles. The third-order valence-electron chi connectivity index (χ3n) is 4.00. The largest absolute Gasteiger partial charge is 0.311 e. The van der Waals surface area contributed by atoms with Gasteiger partial charge in [0, 0.05) is 35.9 Å². The molecule has 0 aliphatic carbocycles. The summed E-state index contributed by atoms with van der Waals surface area (Å²) in [5, 5.41) is 17.9. The quantitative estimate of drug-likeness (QED) is 0.367. The first kappa shape index (κ1) is 19.4. The Balaban J connectivity index is 1.68. The lowest BCUT2D eigenvalue weighted by Crippen LogP contribution is -2.16. The normalized spacial score (nSPS) is 10.6. The van der Waals surface area contributed by atoms with Gasteiger partial charge in [-0.15, -0.1) is 11.3 Å². The van der Waals surface area contributed by atoms with Crippen LogP contribution in [0.1, 0.15) is 33.1 Å². The van der Waals surface area contributed by atoms with Crippen LogP contribution in [-0.4, -0.2) is 26.4 Å². The van der Waals surface area contributed by atoms with Crippen molar-refractivity contribution in [1.82, 2.24) is 9.78 Å². The summed E-state index contributed by atoms with van der Waals surface area (Å²) in [7, 11) is 0. The maximum absolute atomic E-state index is 12.3. The summed E-state index contributed by atoms with van der Waals surface area (Å²) in [6.45, 7) is 3.70. The van der Waals surface area contributed by atoms with Crippen LogP contribution in [0.3, 0.4) is 0 Å². The van der Waals surface area contributed by atoms with E-state index in [1.165, 1.54) is 28.2 Å². The first-order valence-corrected chi connectivity index (χ1v) is 9.36. The molecule has 9 heteroatoms. The number of anilines is 1. The van der Waals surface area contributed by atoms with Gasteiger partial charge in [0.15, 0.2) is 5.78 Å². The van der Waals surface area contributed by atoms with Crippen molar-refractivity contribution in [1.29, 1.82) is 0 Å². The van der Waals surface area contributed by atoms with E-state index in [0.717, 1.165) is 4.88 Å². The molecule has 1 amide bonds. The Morgan fingerprint density at radius 2 is 1.86 bits per heavy atom. The first-order chi connectivity index (χ1) is 13.3. The molecular weight excluding hydrogens is 380 g/mol. The van der Waals surface area contributed by atoms with E-state index < -0.39 is 4.92 Å². The molecule has 3 aromatic rings. The van der Waals surface area contributed by atoms with E-state index in [2.05, 4.69) is 10.4 Å². The average Bonchev–Trinajstić information content (AvgIpc) is 3.25. The molecular formula is C19H18N4O4S. The van der Waals surface area contributed by atoms with Crippen LogP contribution in [0, 0.1) is 24.0 Å². The van der Waals surface area contributed by atoms with Crippen molar-refractivity contribution in [3.63, 3.8) is 0 Å². The molecule has 1 N–H and O–H groups in total. The van der Waals surface area contributed by atoms with Gasteiger partial charge in [-0.3, -0.25) is 19.7 Å². The second kappa shape index (κ2) is 8.13. The number of carbonyl (C=O) groups excluding carboxylic acids is 2. The van der Waals surface area contributed by atoms with Crippen molar-refractivity contribution in [3.05, 3.63) is 68.0 Å². The summed E-state index contributed by atoms with van der Waals surface area (Å²) < 4.78 is 1.50. The Bertz CT molecular complexity index is 1040. The maximum atomic E-state index is 12.3. The van der Waals surface area contributed by atoms with E-state index >= 15 is 0 Å². The number of non-ortho nitro benzene ring substituents is 1. The highest BCUT2D eigenvalue weighted by Gasteiger charge is 2.15. The van der Waals surface area contributed by atoms with Gasteiger partial charge in [-0.1, -0.05) is 0 Å². The molecule has 144 valence electrons. The number of nitrogens with zero attached hydrogens (tertiary/aromatic N) is 3. The van der Waals surface area contributed by atoms with Crippen molar-refractivity contribution in [2.24, 2.45) is 0 Å². The fraction of sp³-hybridized carbons (Fsp3) is 0.211. The minimum atomic E-state index is -0.479. The fourth-order valence-corrected chi connectivity index (χ4v) is 3.48. The topological polar surface area (TPSA) is 107 Å². The van der Waals surface area contributed by atoms with Crippen LogP contribution >= 0.6 is 11.3 Å². The number of rotatable bonds is 7. The van der Waals surface area contributed by atoms with E-state index in [0.29, 0.717) is 22.1 Å². The van der Waals surface area contributed by atoms with Gasteiger partial charge in [0.1, 0.15) is 5.82 Å². The lowest BCUT2D eigenvalue weighted by molar-refractivity contribution is -0.384. The van der Waals surface area contributed by atoms with Crippen LogP contribution in [0.25, 0.3) is 5.69 Å². The summed E-state index contributed by atoms with van der Waals surface area (Å²) in [4.78, 5) is 36.5. The number of ketones is 1. The van der Waals surface area contributed by atoms with E-state index in [4.69, 9.17) is 0 Å². The number of aryl methyl sites for hydroxylation is 2. The number of benzene rings is 1. The monoisotopic (exact) mass is 398 g/mol. The number of nitro benzene ring substituents is 1. The van der Waals surface area contributed by atoms with Gasteiger partial charge in [0.25, 0.3) is 5.69 Å². The molecule has 0 atom stereocenters. The average molecular weight is 398 g/mol. The third-order valence-corrected chi connectivity index (χ3v) is 5.04. The molecule has 0 radical (unpaired) electrons. The number of hydrogen-bond donors (Lipinski definition) is 1. The van der Waals surface area contributed by atoms with Crippen molar-refractivity contribution in [3.8, 4) is 5.69 Å². The zero-order valence-corrected chi connectivity index (χ0v) is 16.2. The van der Waals surface area contributed by atoms with Crippen LogP contribution in [-0.2, 0) is 4.79 Å². The molecule has 0 fully saturated rings. The molecule has 0 saturated carbocycles. The van der Waals surface area contributed by atoms with Crippen molar-refractivity contribution in [2.75, 3.05) is 5.32 Å². The third kappa shape index (κ3) is 4.49. The van der Waals surface area contributed by atoms with E-state index in [-0.39, 0.29) is 30.2 Å². The van der Waals surface area contributed by atoms with Crippen LogP contribution in [0.5, 0.6) is 0 Å². The van der Waals surface area contributed by atoms with Crippen LogP contribution in [0.2, 0.25) is 0 Å². The summed E-state index contributed by atoms with van der Waals surface area (Å²) in [5.41, 5.74) is 1.23. The Morgan fingerprint density at radius 3 is 2.46 bits per heavy atom. The molecule has 2 aromatic heterocycles. The number of amides is 1. The standard InChI is InChI=1S/C19H18N4O4S/c1-12-11-18(22(21-12)14-4-6-15(7-5-14)23(26)27)20-19(25)10-8-16(24)17-9-3-13(2)28-17/h3-7,9,11H,8,10H2,1-2H3,(H,20,25). The van der Waals surface area contributed by atoms with Gasteiger partial charge in [-0.2, -0.15) is 5.10 Å². The highest BCUT2D eigenvalue weighted by atomic mass is 32.1. The second-order valence-electron chi connectivity index (χ2n) is 6.24. The fourth-order valence-electron chi connectivity index (χ4n) is 2.64. The smallest absolute Gasteiger partial charge is 0.269 e. The van der Waals surface area contributed by atoms with Gasteiger partial charge in [0.2, 0.25) is 5.91 Å². The lowest BCUT2D eigenvalue weighted by Gasteiger charge is -2.08. The van der Waals surface area contributed by atoms with Crippen LogP contribution in [0.4, 0.5) is 11.5 Å². The number of hydrogen-bond acceptors (Lipinski definition) is 6. The van der Waals surface area contributed by atoms with E-state index in [9.17, 15) is 19.7 Å². The van der Waals surface area contributed by atoms with E-state index in [1.54, 1.807) is 31.2 Å². The SMILES string of the molecule is Cc1cc(NC(=O)CCC(=O)c2ccc(C)s2)n(-c2ccc([N+](=O)[O-])cc2)n1. The lowest BCUT2D eigenvalue weighted by atomic mass is 10.2. The van der Waals surface area contributed by atoms with Crippen molar-refractivity contribution < 1.29 is 14.5 Å². The predicted molar refractivity (Wildman–Crippen MR) is 106 cm³/mol. The molecule has 2 heterocycles. The van der Waals surface area contributed by atoms with Crippen molar-refractivity contribution in [2.45, 2.75) is 26.7 Å². The van der Waals surface area contributed by atoms with Gasteiger partial charge < -0.3 is 5.32 Å². The Morgan fingerprint density at radius 1 is 1.14 bits per heavy atom. The van der Waals surface area contributed by atoms with Gasteiger partial charge in [-0.05, 0) is 38.1 Å². The highest BCUT2D eigenvalue weighted by molar-refractivity contribution is 7.14. The van der Waals surface area contributed by atoms with Gasteiger partial charge in [-0.25, -0.2) is 4.68 Å². The van der Waals surface area contributed by atoms with Crippen molar-refractivity contribution >= 4 is 34.5 Å². The molecule has 0 aliphatic heterocycles. The molecule has 0 saturated heterocycles. The summed E-state index contributed by atoms with van der Waals surface area (Å²) in [6, 6.07) is 11.2. The number of aromatic nitrogens is 2. The summed E-state index contributed by atoms with van der Waals surface area (Å²) >= 11 is 1.41. The molecule has 0 aliphatic rings. The molecule has 28 heavy (non-hydrogen) atoms. The van der Waals surface area contributed by atoms with Gasteiger partial charge in [0.05, 0.1) is 21.2 Å². The predicted octanol–water partition coefficient (Wildman–Crippen LogP) is 4.06. The number of thiophene rings is 1. The number of Topliss-reactive ketones (excluding diaryl/α,β-unsaturated/α-hetero) is 1. The van der Waals surface area contributed by atoms with Gasteiger partial charge >= 0.3 is 0 Å². The Labute approximate surface area is 165 Å². The summed E-state index contributed by atoms with van der Waals surface area (Å²) in [6.07, 6.45) is 0.177. The zero-order chi connectivity index (χ0) is 20.3. The molecule has 0 unspecified atom stereocenters. The minimum Gasteiger partial charge on any atom is -0.311 e. The highest BCUT2D eigenvalue weighted by Crippen LogP contribution is 2.21. The van der Waals surface area contributed by atoms with Crippen LogP contribution in [0.15, 0.2) is 42.5 Å². The second-order valence-corrected chi connectivity index (χ2v) is 7.53. The molecule has 8 nitrogen and oxygen atoms in total. The van der Waals surface area contributed by atoms with E-state index in [1.807, 2.05) is 13.0 Å². The molecule has 0 bridgehead atoms. The number of nitrogens with one attached hydrogen (secondary N) is 1. The Hall–Kier alpha value is -3.33. The summed E-state index contributed by atoms with van der Waals surface area (Å²) in [5.74, 6) is 0.0776. The first-order valence-electron chi connectivity index (χ1n) is 8.54. The zero-order valence-electron chi connectivity index (χ0n) is 15.3. The molecule has 0 spiro atoms. The number of carbonyl (C=O) groups is 2. The Kier molecular flexibility index (Phi) is 5.65. The number of nitro groups is 1. The maximum Gasteiger partial charge on any atom is 0.269 e. The van der Waals surface area contributed by atoms with Crippen LogP contribution < -0.4 is 5.32 Å².